The molecule has 4 heteroatoms. The molecule has 21 heavy (non-hydrogen) atoms. The first kappa shape index (κ1) is 13.6. The van der Waals surface area contributed by atoms with Crippen LogP contribution in [0.5, 0.6) is 5.75 Å². The zero-order valence-corrected chi connectivity index (χ0v) is 12.0. The van der Waals surface area contributed by atoms with Crippen LogP contribution in [-0.2, 0) is 17.9 Å². The fourth-order valence-electron chi connectivity index (χ4n) is 2.49. The first-order chi connectivity index (χ1) is 10.2. The molecule has 1 unspecified atom stereocenters. The monoisotopic (exact) mass is 282 g/mol. The average Bonchev–Trinajstić information content (AvgIpc) is 2.52. The molecule has 0 radical (unpaired) electrons. The van der Waals surface area contributed by atoms with Crippen LogP contribution in [0.3, 0.4) is 0 Å². The standard InChI is InChI=1S/C17H18N2O2/c1-12-17(20)19(15-4-2-3-5-16(15)21-12)11-14-8-6-13(10-18)7-9-14/h2-9,12H,10-11,18H2,1H3. The molecule has 2 aromatic carbocycles. The number of fused-ring (bicyclic) bond motifs is 1. The van der Waals surface area contributed by atoms with Crippen molar-refractivity contribution in [3.8, 4) is 5.75 Å². The van der Waals surface area contributed by atoms with E-state index < -0.39 is 6.10 Å². The van der Waals surface area contributed by atoms with Gasteiger partial charge in [-0.15, -0.1) is 0 Å². The van der Waals surface area contributed by atoms with Crippen molar-refractivity contribution in [3.05, 3.63) is 59.7 Å². The second-order valence-corrected chi connectivity index (χ2v) is 5.17. The van der Waals surface area contributed by atoms with Gasteiger partial charge >= 0.3 is 0 Å². The van der Waals surface area contributed by atoms with Crippen molar-refractivity contribution in [1.29, 1.82) is 0 Å². The van der Waals surface area contributed by atoms with Gasteiger partial charge in [-0.05, 0) is 30.2 Å². The normalized spacial score (nSPS) is 17.3. The molecule has 1 aliphatic rings. The van der Waals surface area contributed by atoms with Crippen molar-refractivity contribution in [3.63, 3.8) is 0 Å². The Bertz CT molecular complexity index is 652. The Morgan fingerprint density at radius 3 is 2.48 bits per heavy atom. The molecule has 108 valence electrons. The molecule has 0 fully saturated rings. The highest BCUT2D eigenvalue weighted by Crippen LogP contribution is 2.34. The third-order valence-electron chi connectivity index (χ3n) is 3.67. The Hall–Kier alpha value is -2.33. The third kappa shape index (κ3) is 2.62. The van der Waals surface area contributed by atoms with Crippen molar-refractivity contribution in [2.24, 2.45) is 5.73 Å². The lowest BCUT2D eigenvalue weighted by Gasteiger charge is -2.33. The second kappa shape index (κ2) is 5.58. The molecule has 1 heterocycles. The van der Waals surface area contributed by atoms with Gasteiger partial charge in [-0.2, -0.15) is 0 Å². The summed E-state index contributed by atoms with van der Waals surface area (Å²) in [7, 11) is 0. The Kier molecular flexibility index (Phi) is 3.62. The number of ether oxygens (including phenoxy) is 1. The zero-order valence-electron chi connectivity index (χ0n) is 12.0. The predicted octanol–water partition coefficient (Wildman–Crippen LogP) is 2.46. The van der Waals surface area contributed by atoms with Crippen LogP contribution in [0.15, 0.2) is 48.5 Å². The van der Waals surface area contributed by atoms with E-state index in [0.29, 0.717) is 13.1 Å². The predicted molar refractivity (Wildman–Crippen MR) is 82.1 cm³/mol. The van der Waals surface area contributed by atoms with E-state index in [-0.39, 0.29) is 5.91 Å². The highest BCUT2D eigenvalue weighted by atomic mass is 16.5. The number of hydrogen-bond donors (Lipinski definition) is 1. The SMILES string of the molecule is CC1Oc2ccccc2N(Cc2ccc(CN)cc2)C1=O. The van der Waals surface area contributed by atoms with E-state index in [1.807, 2.05) is 48.5 Å². The highest BCUT2D eigenvalue weighted by molar-refractivity contribution is 5.99. The second-order valence-electron chi connectivity index (χ2n) is 5.17. The number of nitrogens with zero attached hydrogens (tertiary/aromatic N) is 1. The molecule has 2 N–H and O–H groups in total. The quantitative estimate of drug-likeness (QED) is 0.941. The maximum Gasteiger partial charge on any atom is 0.268 e. The minimum absolute atomic E-state index is 0.0170. The van der Waals surface area contributed by atoms with Crippen LogP contribution >= 0.6 is 0 Å². The maximum atomic E-state index is 12.4. The molecule has 1 aliphatic heterocycles. The van der Waals surface area contributed by atoms with E-state index in [2.05, 4.69) is 0 Å². The fraction of sp³-hybridized carbons (Fsp3) is 0.235. The van der Waals surface area contributed by atoms with Crippen LogP contribution < -0.4 is 15.4 Å². The van der Waals surface area contributed by atoms with E-state index >= 15 is 0 Å². The third-order valence-corrected chi connectivity index (χ3v) is 3.67. The number of rotatable bonds is 3. The lowest BCUT2D eigenvalue weighted by Crippen LogP contribution is -2.43. The molecule has 3 rings (SSSR count). The minimum Gasteiger partial charge on any atom is -0.479 e. The van der Waals surface area contributed by atoms with Gasteiger partial charge in [0.2, 0.25) is 0 Å². The number of amides is 1. The van der Waals surface area contributed by atoms with Crippen molar-refractivity contribution in [2.75, 3.05) is 4.90 Å². The zero-order chi connectivity index (χ0) is 14.8. The number of nitrogens with two attached hydrogens (primary N) is 1. The van der Waals surface area contributed by atoms with E-state index in [9.17, 15) is 4.79 Å². The fourth-order valence-corrected chi connectivity index (χ4v) is 2.49. The minimum atomic E-state index is -0.455. The Morgan fingerprint density at radius 2 is 1.76 bits per heavy atom. The molecule has 0 spiro atoms. The lowest BCUT2D eigenvalue weighted by molar-refractivity contribution is -0.125. The highest BCUT2D eigenvalue weighted by Gasteiger charge is 2.31. The molecular formula is C17H18N2O2. The van der Waals surface area contributed by atoms with Gasteiger partial charge in [-0.3, -0.25) is 4.79 Å². The summed E-state index contributed by atoms with van der Waals surface area (Å²) in [6, 6.07) is 15.6. The summed E-state index contributed by atoms with van der Waals surface area (Å²) in [5, 5.41) is 0. The lowest BCUT2D eigenvalue weighted by atomic mass is 10.1. The van der Waals surface area contributed by atoms with Gasteiger partial charge in [-0.1, -0.05) is 36.4 Å². The largest absolute Gasteiger partial charge is 0.479 e. The number of carbonyl (C=O) groups excluding carboxylic acids is 1. The molecule has 4 nitrogen and oxygen atoms in total. The topological polar surface area (TPSA) is 55.6 Å². The first-order valence-corrected chi connectivity index (χ1v) is 7.04. The van der Waals surface area contributed by atoms with E-state index in [1.54, 1.807) is 11.8 Å². The van der Waals surface area contributed by atoms with Crippen LogP contribution in [0.1, 0.15) is 18.1 Å². The Morgan fingerprint density at radius 1 is 1.10 bits per heavy atom. The number of para-hydroxylation sites is 2. The van der Waals surface area contributed by atoms with Gasteiger partial charge in [0.1, 0.15) is 5.75 Å². The molecule has 2 aromatic rings. The summed E-state index contributed by atoms with van der Waals surface area (Å²) in [5.74, 6) is 0.736. The van der Waals surface area contributed by atoms with E-state index in [4.69, 9.17) is 10.5 Å². The van der Waals surface area contributed by atoms with Crippen LogP contribution in [0.2, 0.25) is 0 Å². The smallest absolute Gasteiger partial charge is 0.268 e. The average molecular weight is 282 g/mol. The maximum absolute atomic E-state index is 12.4. The molecule has 0 saturated heterocycles. The van der Waals surface area contributed by atoms with Gasteiger partial charge in [0.25, 0.3) is 5.91 Å². The number of benzene rings is 2. The van der Waals surface area contributed by atoms with Crippen molar-refractivity contribution in [1.82, 2.24) is 0 Å². The van der Waals surface area contributed by atoms with Crippen LogP contribution in [0.4, 0.5) is 5.69 Å². The summed E-state index contributed by atoms with van der Waals surface area (Å²) in [6.45, 7) is 2.84. The van der Waals surface area contributed by atoms with Gasteiger partial charge < -0.3 is 15.4 Å². The molecule has 0 saturated carbocycles. The van der Waals surface area contributed by atoms with Gasteiger partial charge in [-0.25, -0.2) is 0 Å². The molecule has 0 bridgehead atoms. The number of anilines is 1. The van der Waals surface area contributed by atoms with Crippen molar-refractivity contribution in [2.45, 2.75) is 26.1 Å². The molecule has 0 aromatic heterocycles. The number of hydrogen-bond acceptors (Lipinski definition) is 3. The van der Waals surface area contributed by atoms with Gasteiger partial charge in [0.15, 0.2) is 6.10 Å². The van der Waals surface area contributed by atoms with Crippen LogP contribution in [0, 0.1) is 0 Å². The first-order valence-electron chi connectivity index (χ1n) is 7.04. The van der Waals surface area contributed by atoms with E-state index in [1.165, 1.54) is 0 Å². The molecule has 1 atom stereocenters. The number of carbonyl (C=O) groups is 1. The van der Waals surface area contributed by atoms with Gasteiger partial charge in [0.05, 0.1) is 12.2 Å². The van der Waals surface area contributed by atoms with E-state index in [0.717, 1.165) is 22.6 Å². The summed E-state index contributed by atoms with van der Waals surface area (Å²) in [6.07, 6.45) is -0.455. The van der Waals surface area contributed by atoms with Gasteiger partial charge in [0, 0.05) is 6.54 Å². The molecular weight excluding hydrogens is 264 g/mol. The van der Waals surface area contributed by atoms with Crippen LogP contribution in [-0.4, -0.2) is 12.0 Å². The van der Waals surface area contributed by atoms with Crippen molar-refractivity contribution < 1.29 is 9.53 Å². The Balaban J connectivity index is 1.90. The summed E-state index contributed by atoms with van der Waals surface area (Å²) >= 11 is 0. The Labute approximate surface area is 124 Å². The summed E-state index contributed by atoms with van der Waals surface area (Å²) in [5.41, 5.74) is 8.59. The molecule has 1 amide bonds. The van der Waals surface area contributed by atoms with Crippen LogP contribution in [0.25, 0.3) is 0 Å². The molecule has 0 aliphatic carbocycles. The van der Waals surface area contributed by atoms with Crippen molar-refractivity contribution >= 4 is 11.6 Å². The summed E-state index contributed by atoms with van der Waals surface area (Å²) < 4.78 is 5.64. The summed E-state index contributed by atoms with van der Waals surface area (Å²) in [4.78, 5) is 14.2.